The smallest absolute Gasteiger partial charge is 0.140 e. The lowest BCUT2D eigenvalue weighted by molar-refractivity contribution is 0.378. The highest BCUT2D eigenvalue weighted by Crippen LogP contribution is 2.28. The number of halogens is 2. The number of nitrogens with one attached hydrogen (secondary N) is 1. The first-order chi connectivity index (χ1) is 8.15. The quantitative estimate of drug-likeness (QED) is 0.838. The average Bonchev–Trinajstić information content (AvgIpc) is 2.28. The summed E-state index contributed by atoms with van der Waals surface area (Å²) in [5.74, 6) is 1.62. The molecular weight excluding hydrogens is 300 g/mol. The lowest BCUT2D eigenvalue weighted by Gasteiger charge is -2.25. The van der Waals surface area contributed by atoms with Crippen molar-refractivity contribution in [2.45, 2.75) is 38.0 Å². The van der Waals surface area contributed by atoms with Crippen LogP contribution in [0.3, 0.4) is 0 Å². The summed E-state index contributed by atoms with van der Waals surface area (Å²) < 4.78 is 1.04. The van der Waals surface area contributed by atoms with Gasteiger partial charge in [0.25, 0.3) is 0 Å². The van der Waals surface area contributed by atoms with Crippen LogP contribution >= 0.6 is 27.5 Å². The Morgan fingerprint density at radius 2 is 2.35 bits per heavy atom. The molecule has 1 N–H and O–H groups in total. The Morgan fingerprint density at radius 3 is 3.06 bits per heavy atom. The molecule has 0 radical (unpaired) electrons. The molecule has 1 heterocycles. The van der Waals surface area contributed by atoms with E-state index in [9.17, 15) is 0 Å². The maximum absolute atomic E-state index is 6.19. The van der Waals surface area contributed by atoms with Crippen LogP contribution in [0.15, 0.2) is 16.7 Å². The van der Waals surface area contributed by atoms with Gasteiger partial charge in [0, 0.05) is 18.1 Å². The summed E-state index contributed by atoms with van der Waals surface area (Å²) in [6, 6.07) is 2.08. The van der Waals surface area contributed by atoms with E-state index in [1.807, 2.05) is 13.1 Å². The van der Waals surface area contributed by atoms with E-state index < -0.39 is 0 Å². The molecule has 1 aliphatic rings. The molecule has 0 spiro atoms. The summed E-state index contributed by atoms with van der Waals surface area (Å²) >= 11 is 9.73. The molecule has 0 aromatic carbocycles. The maximum atomic E-state index is 6.19. The highest BCUT2D eigenvalue weighted by Gasteiger charge is 2.20. The first-order valence-corrected chi connectivity index (χ1v) is 7.38. The Balaban J connectivity index is 1.88. The first-order valence-electron chi connectivity index (χ1n) is 6.15. The van der Waals surface area contributed by atoms with E-state index in [4.69, 9.17) is 11.6 Å². The third-order valence-corrected chi connectivity index (χ3v) is 4.26. The van der Waals surface area contributed by atoms with Gasteiger partial charge in [-0.1, -0.05) is 6.42 Å². The number of aromatic nitrogens is 1. The molecule has 2 rings (SSSR count). The lowest BCUT2D eigenvalue weighted by Crippen LogP contribution is -2.22. The molecule has 2 atom stereocenters. The summed E-state index contributed by atoms with van der Waals surface area (Å²) in [6.07, 6.45) is 6.71. The van der Waals surface area contributed by atoms with Gasteiger partial charge in [-0.05, 0) is 59.7 Å². The summed E-state index contributed by atoms with van der Waals surface area (Å²) in [4.78, 5) is 4.39. The van der Waals surface area contributed by atoms with E-state index >= 15 is 0 Å². The molecular formula is C13H18BrClN2. The second-order valence-corrected chi connectivity index (χ2v) is 6.33. The average molecular weight is 318 g/mol. The molecule has 0 amide bonds. The zero-order valence-electron chi connectivity index (χ0n) is 10.0. The number of anilines is 1. The van der Waals surface area contributed by atoms with Gasteiger partial charge in [-0.3, -0.25) is 0 Å². The minimum absolute atomic E-state index is 0.366. The highest BCUT2D eigenvalue weighted by atomic mass is 79.9. The second-order valence-electron chi connectivity index (χ2n) is 4.85. The SMILES string of the molecule is Cc1cnc(NCC2CCCC(Cl)C2)c(Br)c1. The number of pyridine rings is 1. The fourth-order valence-corrected chi connectivity index (χ4v) is 3.33. The molecule has 1 aromatic heterocycles. The molecule has 2 nitrogen and oxygen atoms in total. The molecule has 1 aromatic rings. The van der Waals surface area contributed by atoms with Crippen molar-refractivity contribution >= 4 is 33.3 Å². The van der Waals surface area contributed by atoms with Crippen molar-refractivity contribution in [2.75, 3.05) is 11.9 Å². The van der Waals surface area contributed by atoms with Crippen LogP contribution in [0.1, 0.15) is 31.2 Å². The molecule has 94 valence electrons. The molecule has 1 saturated carbocycles. The van der Waals surface area contributed by atoms with Gasteiger partial charge in [-0.2, -0.15) is 0 Å². The zero-order chi connectivity index (χ0) is 12.3. The van der Waals surface area contributed by atoms with Crippen molar-refractivity contribution in [1.29, 1.82) is 0 Å². The number of alkyl halides is 1. The van der Waals surface area contributed by atoms with Gasteiger partial charge >= 0.3 is 0 Å². The van der Waals surface area contributed by atoms with Crippen LogP contribution in [-0.4, -0.2) is 16.9 Å². The second kappa shape index (κ2) is 6.05. The topological polar surface area (TPSA) is 24.9 Å². The van der Waals surface area contributed by atoms with E-state index in [0.717, 1.165) is 23.3 Å². The molecule has 2 unspecified atom stereocenters. The molecule has 17 heavy (non-hydrogen) atoms. The summed E-state index contributed by atoms with van der Waals surface area (Å²) in [5.41, 5.74) is 1.17. The van der Waals surface area contributed by atoms with Crippen LogP contribution < -0.4 is 5.32 Å². The molecule has 0 saturated heterocycles. The Bertz CT molecular complexity index is 384. The number of nitrogens with zero attached hydrogens (tertiary/aromatic N) is 1. The number of aryl methyl sites for hydroxylation is 1. The largest absolute Gasteiger partial charge is 0.369 e. The van der Waals surface area contributed by atoms with Crippen LogP contribution in [0.25, 0.3) is 0 Å². The van der Waals surface area contributed by atoms with Crippen LogP contribution in [0.2, 0.25) is 0 Å². The Hall–Kier alpha value is -0.280. The fourth-order valence-electron chi connectivity index (χ4n) is 2.32. The number of hydrogen-bond donors (Lipinski definition) is 1. The molecule has 0 aliphatic heterocycles. The van der Waals surface area contributed by atoms with Gasteiger partial charge in [-0.15, -0.1) is 11.6 Å². The predicted octanol–water partition coefficient (Wildman–Crippen LogP) is 4.36. The van der Waals surface area contributed by atoms with Crippen LogP contribution in [0, 0.1) is 12.8 Å². The third-order valence-electron chi connectivity index (χ3n) is 3.25. The third kappa shape index (κ3) is 3.85. The van der Waals surface area contributed by atoms with Gasteiger partial charge in [0.2, 0.25) is 0 Å². The van der Waals surface area contributed by atoms with Crippen molar-refractivity contribution in [2.24, 2.45) is 5.92 Å². The number of rotatable bonds is 3. The van der Waals surface area contributed by atoms with Gasteiger partial charge in [0.1, 0.15) is 5.82 Å². The monoisotopic (exact) mass is 316 g/mol. The lowest BCUT2D eigenvalue weighted by atomic mass is 9.89. The Morgan fingerprint density at radius 1 is 1.53 bits per heavy atom. The minimum atomic E-state index is 0.366. The van der Waals surface area contributed by atoms with E-state index in [-0.39, 0.29) is 0 Å². The maximum Gasteiger partial charge on any atom is 0.140 e. The van der Waals surface area contributed by atoms with Gasteiger partial charge < -0.3 is 5.32 Å². The molecule has 4 heteroatoms. The van der Waals surface area contributed by atoms with Crippen molar-refractivity contribution in [3.63, 3.8) is 0 Å². The Kier molecular flexibility index (Phi) is 4.69. The van der Waals surface area contributed by atoms with Crippen molar-refractivity contribution in [1.82, 2.24) is 4.98 Å². The molecule has 1 aliphatic carbocycles. The predicted molar refractivity (Wildman–Crippen MR) is 76.8 cm³/mol. The zero-order valence-corrected chi connectivity index (χ0v) is 12.4. The molecule has 0 bridgehead atoms. The standard InChI is InChI=1S/C13H18BrClN2/c1-9-5-12(14)13(16-7-9)17-8-10-3-2-4-11(15)6-10/h5,7,10-11H,2-4,6,8H2,1H3,(H,16,17). The van der Waals surface area contributed by atoms with Crippen LogP contribution in [0.4, 0.5) is 5.82 Å². The van der Waals surface area contributed by atoms with Crippen LogP contribution in [-0.2, 0) is 0 Å². The summed E-state index contributed by atoms with van der Waals surface area (Å²) in [6.45, 7) is 3.01. The van der Waals surface area contributed by atoms with E-state index in [0.29, 0.717) is 11.3 Å². The van der Waals surface area contributed by atoms with Gasteiger partial charge in [-0.25, -0.2) is 4.98 Å². The van der Waals surface area contributed by atoms with Crippen molar-refractivity contribution < 1.29 is 0 Å². The summed E-state index contributed by atoms with van der Waals surface area (Å²) in [5, 5.41) is 3.78. The first kappa shape index (κ1) is 13.2. The normalized spacial score (nSPS) is 24.6. The highest BCUT2D eigenvalue weighted by molar-refractivity contribution is 9.10. The van der Waals surface area contributed by atoms with Crippen molar-refractivity contribution in [3.05, 3.63) is 22.3 Å². The Labute approximate surface area is 116 Å². The van der Waals surface area contributed by atoms with E-state index in [1.54, 1.807) is 0 Å². The number of hydrogen-bond acceptors (Lipinski definition) is 2. The summed E-state index contributed by atoms with van der Waals surface area (Å²) in [7, 11) is 0. The fraction of sp³-hybridized carbons (Fsp3) is 0.615. The molecule has 1 fully saturated rings. The minimum Gasteiger partial charge on any atom is -0.369 e. The van der Waals surface area contributed by atoms with Crippen molar-refractivity contribution in [3.8, 4) is 0 Å². The van der Waals surface area contributed by atoms with E-state index in [1.165, 1.54) is 24.8 Å². The van der Waals surface area contributed by atoms with Gasteiger partial charge in [0.05, 0.1) is 4.47 Å². The van der Waals surface area contributed by atoms with Gasteiger partial charge in [0.15, 0.2) is 0 Å². The van der Waals surface area contributed by atoms with Crippen LogP contribution in [0.5, 0.6) is 0 Å². The van der Waals surface area contributed by atoms with E-state index in [2.05, 4.69) is 32.3 Å².